The van der Waals surface area contributed by atoms with E-state index in [0.717, 1.165) is 12.1 Å². The first-order valence-electron chi connectivity index (χ1n) is 5.60. The SMILES string of the molecule is OC(c1cccc(C(F)(F)F)c1)c1cccc(Br)c1F. The van der Waals surface area contributed by atoms with E-state index in [-0.39, 0.29) is 15.6 Å². The third-order valence-electron chi connectivity index (χ3n) is 2.81. The van der Waals surface area contributed by atoms with Crippen molar-refractivity contribution in [2.75, 3.05) is 0 Å². The molecule has 0 fully saturated rings. The van der Waals surface area contributed by atoms with E-state index in [1.807, 2.05) is 0 Å². The van der Waals surface area contributed by atoms with Gasteiger partial charge in [0.15, 0.2) is 0 Å². The van der Waals surface area contributed by atoms with Gasteiger partial charge in [0.25, 0.3) is 0 Å². The Hall–Kier alpha value is -1.40. The predicted molar refractivity (Wildman–Crippen MR) is 69.6 cm³/mol. The molecule has 0 bridgehead atoms. The number of alkyl halides is 3. The number of rotatable bonds is 2. The molecular weight excluding hydrogens is 340 g/mol. The van der Waals surface area contributed by atoms with E-state index in [0.29, 0.717) is 0 Å². The average Bonchev–Trinajstić information content (AvgIpc) is 2.40. The van der Waals surface area contributed by atoms with Gasteiger partial charge < -0.3 is 5.11 Å². The minimum absolute atomic E-state index is 0.0168. The van der Waals surface area contributed by atoms with Crippen molar-refractivity contribution in [3.05, 3.63) is 69.4 Å². The molecule has 0 aromatic heterocycles. The molecule has 1 unspecified atom stereocenters. The van der Waals surface area contributed by atoms with Crippen molar-refractivity contribution in [3.8, 4) is 0 Å². The number of halogens is 5. The van der Waals surface area contributed by atoms with E-state index in [9.17, 15) is 22.7 Å². The molecule has 0 aliphatic carbocycles. The molecule has 0 radical (unpaired) electrons. The van der Waals surface area contributed by atoms with Crippen molar-refractivity contribution in [3.63, 3.8) is 0 Å². The Balaban J connectivity index is 2.44. The highest BCUT2D eigenvalue weighted by Gasteiger charge is 2.31. The minimum Gasteiger partial charge on any atom is -0.384 e. The van der Waals surface area contributed by atoms with Gasteiger partial charge in [-0.25, -0.2) is 4.39 Å². The lowest BCUT2D eigenvalue weighted by Crippen LogP contribution is -2.08. The Morgan fingerprint density at radius 3 is 2.35 bits per heavy atom. The van der Waals surface area contributed by atoms with Crippen molar-refractivity contribution in [1.82, 2.24) is 0 Å². The molecule has 0 heterocycles. The lowest BCUT2D eigenvalue weighted by atomic mass is 9.99. The highest BCUT2D eigenvalue weighted by Crippen LogP contribution is 2.33. The molecule has 1 atom stereocenters. The van der Waals surface area contributed by atoms with Crippen molar-refractivity contribution in [2.45, 2.75) is 12.3 Å². The summed E-state index contributed by atoms with van der Waals surface area (Å²) in [7, 11) is 0. The Morgan fingerprint density at radius 2 is 1.70 bits per heavy atom. The van der Waals surface area contributed by atoms with E-state index < -0.39 is 23.7 Å². The molecule has 20 heavy (non-hydrogen) atoms. The van der Waals surface area contributed by atoms with Crippen LogP contribution < -0.4 is 0 Å². The molecule has 0 saturated carbocycles. The summed E-state index contributed by atoms with van der Waals surface area (Å²) in [6.45, 7) is 0. The van der Waals surface area contributed by atoms with Gasteiger partial charge in [-0.3, -0.25) is 0 Å². The van der Waals surface area contributed by atoms with E-state index in [1.54, 1.807) is 0 Å². The fraction of sp³-hybridized carbons (Fsp3) is 0.143. The number of hydrogen-bond acceptors (Lipinski definition) is 1. The van der Waals surface area contributed by atoms with Crippen LogP contribution in [0, 0.1) is 5.82 Å². The van der Waals surface area contributed by atoms with Crippen molar-refractivity contribution >= 4 is 15.9 Å². The van der Waals surface area contributed by atoms with Crippen LogP contribution >= 0.6 is 15.9 Å². The van der Waals surface area contributed by atoms with Crippen LogP contribution in [0.25, 0.3) is 0 Å². The fourth-order valence-corrected chi connectivity index (χ4v) is 2.18. The van der Waals surface area contributed by atoms with E-state index in [2.05, 4.69) is 15.9 Å². The molecule has 0 spiro atoms. The summed E-state index contributed by atoms with van der Waals surface area (Å²) in [5, 5.41) is 10.1. The minimum atomic E-state index is -4.51. The van der Waals surface area contributed by atoms with Crippen LogP contribution in [-0.4, -0.2) is 5.11 Å². The summed E-state index contributed by atoms with van der Waals surface area (Å²) in [4.78, 5) is 0. The highest BCUT2D eigenvalue weighted by molar-refractivity contribution is 9.10. The molecule has 0 amide bonds. The zero-order valence-electron chi connectivity index (χ0n) is 9.96. The number of hydrogen-bond donors (Lipinski definition) is 1. The van der Waals surface area contributed by atoms with E-state index >= 15 is 0 Å². The predicted octanol–water partition coefficient (Wildman–Crippen LogP) is 4.69. The summed E-state index contributed by atoms with van der Waals surface area (Å²) in [6.07, 6.45) is -5.97. The average molecular weight is 349 g/mol. The van der Waals surface area contributed by atoms with E-state index in [1.165, 1.54) is 30.3 Å². The number of aliphatic hydroxyl groups is 1. The summed E-state index contributed by atoms with van der Waals surface area (Å²) in [5.41, 5.74) is -0.986. The molecule has 1 N–H and O–H groups in total. The molecule has 1 nitrogen and oxygen atoms in total. The third kappa shape index (κ3) is 3.02. The maximum absolute atomic E-state index is 13.8. The van der Waals surface area contributed by atoms with Gasteiger partial charge in [-0.2, -0.15) is 13.2 Å². The smallest absolute Gasteiger partial charge is 0.384 e. The molecule has 106 valence electrons. The van der Waals surface area contributed by atoms with Crippen LogP contribution in [0.3, 0.4) is 0 Å². The fourth-order valence-electron chi connectivity index (χ4n) is 1.80. The molecule has 0 saturated heterocycles. The third-order valence-corrected chi connectivity index (χ3v) is 3.42. The van der Waals surface area contributed by atoms with Gasteiger partial charge in [0.05, 0.1) is 10.0 Å². The second-order valence-electron chi connectivity index (χ2n) is 4.17. The zero-order chi connectivity index (χ0) is 14.9. The Bertz CT molecular complexity index is 625. The monoisotopic (exact) mass is 348 g/mol. The van der Waals surface area contributed by atoms with Gasteiger partial charge in [-0.1, -0.05) is 24.3 Å². The normalized spacial score (nSPS) is 13.3. The molecular formula is C14H9BrF4O. The van der Waals surface area contributed by atoms with Crippen LogP contribution in [-0.2, 0) is 6.18 Å². The van der Waals surface area contributed by atoms with Crippen LogP contribution in [0.5, 0.6) is 0 Å². The second-order valence-corrected chi connectivity index (χ2v) is 5.02. The summed E-state index contributed by atoms with van der Waals surface area (Å²) in [6, 6.07) is 8.47. The standard InChI is InChI=1S/C14H9BrF4O/c15-11-6-2-5-10(12(11)16)13(20)8-3-1-4-9(7-8)14(17,18)19/h1-7,13,20H. The Labute approximate surface area is 121 Å². The summed E-state index contributed by atoms with van der Waals surface area (Å²) >= 11 is 2.97. The summed E-state index contributed by atoms with van der Waals surface area (Å²) in [5.74, 6) is -0.697. The van der Waals surface area contributed by atoms with Gasteiger partial charge in [-0.15, -0.1) is 0 Å². The van der Waals surface area contributed by atoms with Gasteiger partial charge in [0.1, 0.15) is 11.9 Å². The Kier molecular flexibility index (Phi) is 4.15. The van der Waals surface area contributed by atoms with Crippen molar-refractivity contribution < 1.29 is 22.7 Å². The van der Waals surface area contributed by atoms with Gasteiger partial charge in [0.2, 0.25) is 0 Å². The van der Waals surface area contributed by atoms with Gasteiger partial charge in [-0.05, 0) is 39.7 Å². The van der Waals surface area contributed by atoms with Crippen molar-refractivity contribution in [2.24, 2.45) is 0 Å². The van der Waals surface area contributed by atoms with Crippen LogP contribution in [0.15, 0.2) is 46.9 Å². The lowest BCUT2D eigenvalue weighted by Gasteiger charge is -2.15. The molecule has 2 aromatic rings. The van der Waals surface area contributed by atoms with Gasteiger partial charge >= 0.3 is 6.18 Å². The first-order valence-corrected chi connectivity index (χ1v) is 6.39. The number of benzene rings is 2. The molecule has 6 heteroatoms. The molecule has 2 rings (SSSR count). The Morgan fingerprint density at radius 1 is 1.05 bits per heavy atom. The topological polar surface area (TPSA) is 20.2 Å². The zero-order valence-corrected chi connectivity index (χ0v) is 11.5. The van der Waals surface area contributed by atoms with E-state index in [4.69, 9.17) is 0 Å². The quantitative estimate of drug-likeness (QED) is 0.780. The first kappa shape index (κ1) is 15.0. The molecule has 0 aliphatic heterocycles. The maximum Gasteiger partial charge on any atom is 0.416 e. The highest BCUT2D eigenvalue weighted by atomic mass is 79.9. The maximum atomic E-state index is 13.8. The molecule has 2 aromatic carbocycles. The van der Waals surface area contributed by atoms with Crippen LogP contribution in [0.1, 0.15) is 22.8 Å². The van der Waals surface area contributed by atoms with Crippen LogP contribution in [0.2, 0.25) is 0 Å². The van der Waals surface area contributed by atoms with Crippen molar-refractivity contribution in [1.29, 1.82) is 0 Å². The van der Waals surface area contributed by atoms with Gasteiger partial charge in [0, 0.05) is 5.56 Å². The first-order chi connectivity index (χ1) is 9.30. The lowest BCUT2D eigenvalue weighted by molar-refractivity contribution is -0.137. The largest absolute Gasteiger partial charge is 0.416 e. The summed E-state index contributed by atoms with van der Waals surface area (Å²) < 4.78 is 51.8. The van der Waals surface area contributed by atoms with Crippen LogP contribution in [0.4, 0.5) is 17.6 Å². The second kappa shape index (κ2) is 5.54. The number of aliphatic hydroxyl groups excluding tert-OH is 1. The molecule has 0 aliphatic rings.